The number of hydrogen-bond donors (Lipinski definition) is 0. The second-order valence-electron chi connectivity index (χ2n) is 2.51. The van der Waals surface area contributed by atoms with Crippen LogP contribution < -0.4 is 4.90 Å². The van der Waals surface area contributed by atoms with Crippen molar-refractivity contribution in [2.24, 2.45) is 0 Å². The van der Waals surface area contributed by atoms with E-state index in [9.17, 15) is 4.79 Å². The fraction of sp³-hybridized carbons (Fsp3) is 0.222. The summed E-state index contributed by atoms with van der Waals surface area (Å²) in [6.07, 6.45) is 1.89. The predicted molar refractivity (Wildman–Crippen MR) is 45.6 cm³/mol. The first kappa shape index (κ1) is 7.79. The van der Waals surface area contributed by atoms with Crippen LogP contribution in [0.2, 0.25) is 0 Å². The first-order chi connectivity index (χ1) is 5.25. The normalized spacial score (nSPS) is 9.27. The van der Waals surface area contributed by atoms with Crippen LogP contribution in [0.3, 0.4) is 0 Å². The van der Waals surface area contributed by atoms with Gasteiger partial charge in [-0.3, -0.25) is 4.79 Å². The van der Waals surface area contributed by atoms with Gasteiger partial charge >= 0.3 is 0 Å². The minimum atomic E-state index is 0.609. The summed E-state index contributed by atoms with van der Waals surface area (Å²) in [6, 6.07) is 7.37. The smallest absolute Gasteiger partial charge is 0.235 e. The Morgan fingerprint density at radius 1 is 1.27 bits per heavy atom. The Balaban J connectivity index is 3.12. The van der Waals surface area contributed by atoms with E-state index in [0.717, 1.165) is 5.69 Å². The summed E-state index contributed by atoms with van der Waals surface area (Å²) in [5.74, 6) is 0. The minimum Gasteiger partial charge on any atom is -0.377 e. The molecule has 11 heavy (non-hydrogen) atoms. The van der Waals surface area contributed by atoms with Gasteiger partial charge in [-0.05, 0) is 12.1 Å². The van der Waals surface area contributed by atoms with Gasteiger partial charge in [-0.1, -0.05) is 12.1 Å². The van der Waals surface area contributed by atoms with Crippen molar-refractivity contribution in [1.29, 1.82) is 0 Å². The summed E-state index contributed by atoms with van der Waals surface area (Å²) in [6.45, 7) is 0. The average molecular weight is 148 g/mol. The molecule has 0 N–H and O–H groups in total. The van der Waals surface area contributed by atoms with Crippen LogP contribution in [0, 0.1) is 0 Å². The van der Waals surface area contributed by atoms with E-state index in [0.29, 0.717) is 5.56 Å². The van der Waals surface area contributed by atoms with Crippen molar-refractivity contribution < 1.29 is 4.79 Å². The highest BCUT2D eigenvalue weighted by Crippen LogP contribution is 2.14. The SMILES string of the molecule is CN(C)c1ccccc1[C]=O. The largest absolute Gasteiger partial charge is 0.377 e. The van der Waals surface area contributed by atoms with Crippen molar-refractivity contribution in [2.75, 3.05) is 19.0 Å². The molecule has 0 aliphatic rings. The van der Waals surface area contributed by atoms with E-state index in [1.807, 2.05) is 43.5 Å². The molecular formula is C9H10NO. The molecule has 57 valence electrons. The van der Waals surface area contributed by atoms with Gasteiger partial charge in [-0.15, -0.1) is 0 Å². The second kappa shape index (κ2) is 3.19. The molecule has 0 spiro atoms. The van der Waals surface area contributed by atoms with Crippen molar-refractivity contribution >= 4 is 12.0 Å². The van der Waals surface area contributed by atoms with Crippen LogP contribution >= 0.6 is 0 Å². The predicted octanol–water partition coefficient (Wildman–Crippen LogP) is 1.21. The standard InChI is InChI=1S/C9H10NO/c1-10(2)9-6-4-3-5-8(9)7-11/h3-6H,1-2H3. The highest BCUT2D eigenvalue weighted by atomic mass is 16.1. The van der Waals surface area contributed by atoms with E-state index in [2.05, 4.69) is 0 Å². The monoisotopic (exact) mass is 148 g/mol. The quantitative estimate of drug-likeness (QED) is 0.628. The van der Waals surface area contributed by atoms with E-state index in [-0.39, 0.29) is 0 Å². The van der Waals surface area contributed by atoms with Crippen LogP contribution in [0.15, 0.2) is 24.3 Å². The third kappa shape index (κ3) is 1.58. The molecule has 1 rings (SSSR count). The van der Waals surface area contributed by atoms with Crippen LogP contribution in [0.4, 0.5) is 5.69 Å². The number of carbonyl (C=O) groups excluding carboxylic acids is 1. The van der Waals surface area contributed by atoms with E-state index in [4.69, 9.17) is 0 Å². The molecule has 0 atom stereocenters. The Kier molecular flexibility index (Phi) is 2.26. The van der Waals surface area contributed by atoms with E-state index in [1.165, 1.54) is 0 Å². The molecule has 0 fully saturated rings. The molecule has 2 heteroatoms. The molecular weight excluding hydrogens is 138 g/mol. The van der Waals surface area contributed by atoms with E-state index >= 15 is 0 Å². The molecule has 0 saturated heterocycles. The Labute approximate surface area is 66.4 Å². The van der Waals surface area contributed by atoms with Gasteiger partial charge in [0.05, 0.1) is 0 Å². The maximum atomic E-state index is 10.4. The molecule has 0 amide bonds. The summed E-state index contributed by atoms with van der Waals surface area (Å²) in [7, 11) is 3.80. The maximum Gasteiger partial charge on any atom is 0.235 e. The molecule has 2 nitrogen and oxygen atoms in total. The number of nitrogens with zero attached hydrogens (tertiary/aromatic N) is 1. The van der Waals surface area contributed by atoms with Crippen LogP contribution in [0.25, 0.3) is 0 Å². The Morgan fingerprint density at radius 3 is 2.36 bits per heavy atom. The van der Waals surface area contributed by atoms with Crippen molar-refractivity contribution in [2.45, 2.75) is 0 Å². The van der Waals surface area contributed by atoms with Gasteiger partial charge in [0.15, 0.2) is 0 Å². The molecule has 0 bridgehead atoms. The van der Waals surface area contributed by atoms with Gasteiger partial charge in [-0.2, -0.15) is 0 Å². The minimum absolute atomic E-state index is 0.609. The third-order valence-electron chi connectivity index (χ3n) is 1.50. The van der Waals surface area contributed by atoms with Gasteiger partial charge < -0.3 is 4.90 Å². The molecule has 0 aliphatic heterocycles. The van der Waals surface area contributed by atoms with E-state index < -0.39 is 0 Å². The van der Waals surface area contributed by atoms with Crippen molar-refractivity contribution in [3.63, 3.8) is 0 Å². The fourth-order valence-electron chi connectivity index (χ4n) is 0.950. The second-order valence-corrected chi connectivity index (χ2v) is 2.51. The van der Waals surface area contributed by atoms with Crippen LogP contribution in [0.1, 0.15) is 5.56 Å². The molecule has 0 saturated carbocycles. The lowest BCUT2D eigenvalue weighted by Crippen LogP contribution is -2.10. The Hall–Kier alpha value is -1.31. The molecule has 0 aromatic heterocycles. The summed E-state index contributed by atoms with van der Waals surface area (Å²) in [5.41, 5.74) is 1.51. The first-order valence-electron chi connectivity index (χ1n) is 3.40. The molecule has 0 aliphatic carbocycles. The number of benzene rings is 1. The lowest BCUT2D eigenvalue weighted by atomic mass is 10.2. The zero-order chi connectivity index (χ0) is 8.27. The maximum absolute atomic E-state index is 10.4. The first-order valence-corrected chi connectivity index (χ1v) is 3.40. The summed E-state index contributed by atoms with van der Waals surface area (Å²) < 4.78 is 0. The molecule has 1 aromatic carbocycles. The van der Waals surface area contributed by atoms with E-state index in [1.54, 1.807) is 6.07 Å². The van der Waals surface area contributed by atoms with Crippen LogP contribution in [-0.2, 0) is 4.79 Å². The lowest BCUT2D eigenvalue weighted by Gasteiger charge is -2.13. The Bertz CT molecular complexity index is 255. The molecule has 1 radical (unpaired) electrons. The van der Waals surface area contributed by atoms with Crippen molar-refractivity contribution in [3.8, 4) is 0 Å². The fourth-order valence-corrected chi connectivity index (χ4v) is 0.950. The van der Waals surface area contributed by atoms with Gasteiger partial charge in [0.2, 0.25) is 6.29 Å². The zero-order valence-corrected chi connectivity index (χ0v) is 6.66. The topological polar surface area (TPSA) is 20.3 Å². The zero-order valence-electron chi connectivity index (χ0n) is 6.66. The van der Waals surface area contributed by atoms with Crippen LogP contribution in [-0.4, -0.2) is 20.4 Å². The van der Waals surface area contributed by atoms with Gasteiger partial charge in [0, 0.05) is 25.3 Å². The number of anilines is 1. The number of para-hydroxylation sites is 1. The van der Waals surface area contributed by atoms with Gasteiger partial charge in [-0.25, -0.2) is 0 Å². The molecule has 1 aromatic rings. The molecule has 0 unspecified atom stereocenters. The average Bonchev–Trinajstić information content (AvgIpc) is 2.04. The van der Waals surface area contributed by atoms with Gasteiger partial charge in [0.1, 0.15) is 0 Å². The summed E-state index contributed by atoms with van der Waals surface area (Å²) in [4.78, 5) is 12.3. The third-order valence-corrected chi connectivity index (χ3v) is 1.50. The lowest BCUT2D eigenvalue weighted by molar-refractivity contribution is 0.563. The summed E-state index contributed by atoms with van der Waals surface area (Å²) in [5, 5.41) is 0. The number of rotatable bonds is 2. The highest BCUT2D eigenvalue weighted by Gasteiger charge is 2.00. The Morgan fingerprint density at radius 2 is 1.91 bits per heavy atom. The number of hydrogen-bond acceptors (Lipinski definition) is 2. The van der Waals surface area contributed by atoms with Crippen molar-refractivity contribution in [1.82, 2.24) is 0 Å². The molecule has 0 heterocycles. The summed E-state index contributed by atoms with van der Waals surface area (Å²) >= 11 is 0. The van der Waals surface area contributed by atoms with Gasteiger partial charge in [0.25, 0.3) is 0 Å². The van der Waals surface area contributed by atoms with Crippen molar-refractivity contribution in [3.05, 3.63) is 29.8 Å². The highest BCUT2D eigenvalue weighted by molar-refractivity contribution is 5.84. The van der Waals surface area contributed by atoms with Crippen LogP contribution in [0.5, 0.6) is 0 Å².